The van der Waals surface area contributed by atoms with Crippen LogP contribution in [0.4, 0.5) is 10.5 Å². The summed E-state index contributed by atoms with van der Waals surface area (Å²) in [4.78, 5) is 21.3. The lowest BCUT2D eigenvalue weighted by Crippen LogP contribution is -2.49. The molecule has 0 radical (unpaired) electrons. The van der Waals surface area contributed by atoms with E-state index < -0.39 is 16.4 Å². The number of anilines is 1. The molecule has 4 rings (SSSR count). The number of rotatable bonds is 7. The van der Waals surface area contributed by atoms with Crippen molar-refractivity contribution in [3.63, 3.8) is 0 Å². The summed E-state index contributed by atoms with van der Waals surface area (Å²) in [5.74, 6) is 0.0930. The Kier molecular flexibility index (Phi) is 7.70. The van der Waals surface area contributed by atoms with Crippen LogP contribution in [0.25, 0.3) is 11.1 Å². The number of nitrogens with one attached hydrogen (secondary N) is 3. The van der Waals surface area contributed by atoms with Gasteiger partial charge in [-0.2, -0.15) is 5.26 Å². The lowest BCUT2D eigenvalue weighted by atomic mass is 9.79. The van der Waals surface area contributed by atoms with E-state index in [1.54, 1.807) is 12.3 Å². The summed E-state index contributed by atoms with van der Waals surface area (Å²) in [5.41, 5.74) is 3.50. The largest absolute Gasteiger partial charge is 0.327 e. The Hall–Kier alpha value is -3.81. The molecule has 0 unspecified atom stereocenters. The number of hydrogen-bond acceptors (Lipinski definition) is 6. The smallest absolute Gasteiger partial charge is 0.319 e. The van der Waals surface area contributed by atoms with Gasteiger partial charge in [0.2, 0.25) is 16.7 Å². The Balaban J connectivity index is 1.43. The van der Waals surface area contributed by atoms with Gasteiger partial charge >= 0.3 is 6.03 Å². The number of hydrogen-bond donors (Lipinski definition) is 4. The Labute approximate surface area is 205 Å². The molecular formula is C25H26N6O3S. The maximum absolute atomic E-state index is 12.9. The van der Waals surface area contributed by atoms with Gasteiger partial charge < -0.3 is 10.6 Å². The maximum atomic E-state index is 12.9. The van der Waals surface area contributed by atoms with E-state index in [9.17, 15) is 18.5 Å². The second kappa shape index (κ2) is 11.1. The predicted molar refractivity (Wildman–Crippen MR) is 133 cm³/mol. The maximum Gasteiger partial charge on any atom is 0.319 e. The van der Waals surface area contributed by atoms with Crippen molar-refractivity contribution in [1.29, 1.82) is 5.26 Å². The first-order chi connectivity index (χ1) is 17.0. The minimum Gasteiger partial charge on any atom is -0.327 e. The number of nitriles is 1. The molecule has 1 saturated carbocycles. The first kappa shape index (κ1) is 24.3. The van der Waals surface area contributed by atoms with Crippen LogP contribution in [-0.4, -0.2) is 24.4 Å². The van der Waals surface area contributed by atoms with Gasteiger partial charge in [0.25, 0.3) is 0 Å². The first-order valence-corrected chi connectivity index (χ1v) is 12.6. The van der Waals surface area contributed by atoms with Gasteiger partial charge in [0.05, 0.1) is 11.2 Å². The second-order valence-corrected chi connectivity index (χ2v) is 9.30. The van der Waals surface area contributed by atoms with Crippen LogP contribution >= 0.6 is 0 Å². The summed E-state index contributed by atoms with van der Waals surface area (Å²) >= 11 is 0. The molecule has 180 valence electrons. The highest BCUT2D eigenvalue weighted by atomic mass is 32.2. The zero-order chi connectivity index (χ0) is 24.7. The predicted octanol–water partition coefficient (Wildman–Crippen LogP) is 3.61. The van der Waals surface area contributed by atoms with E-state index in [1.807, 2.05) is 54.6 Å². The van der Waals surface area contributed by atoms with E-state index in [0.717, 1.165) is 48.8 Å². The van der Waals surface area contributed by atoms with Gasteiger partial charge in [-0.1, -0.05) is 55.7 Å². The van der Waals surface area contributed by atoms with Crippen molar-refractivity contribution >= 4 is 22.6 Å². The van der Waals surface area contributed by atoms with E-state index in [0.29, 0.717) is 11.4 Å². The molecule has 10 heteroatoms. The fraction of sp³-hybridized carbons (Fsp3) is 0.280. The minimum absolute atomic E-state index is 0.0930. The number of urea groups is 1. The van der Waals surface area contributed by atoms with Crippen LogP contribution in [0.2, 0.25) is 0 Å². The van der Waals surface area contributed by atoms with Crippen LogP contribution in [0.1, 0.15) is 49.2 Å². The highest BCUT2D eigenvalue weighted by Gasteiger charge is 2.37. The average Bonchev–Trinajstić information content (AvgIpc) is 2.89. The quantitative estimate of drug-likeness (QED) is 0.374. The SMILES string of the molecule is N#Cc1nccc(C2(NC(=O)Nc3ccc(-c4ccc(CN[SH](=O)=O)cc4)cc3)CCCCC2)n1. The Morgan fingerprint density at radius 2 is 1.63 bits per heavy atom. The molecule has 0 saturated heterocycles. The molecule has 2 aromatic carbocycles. The Bertz CT molecular complexity index is 1290. The number of benzene rings is 2. The number of thiol groups is 1. The molecule has 0 spiro atoms. The zero-order valence-corrected chi connectivity index (χ0v) is 19.9. The summed E-state index contributed by atoms with van der Waals surface area (Å²) < 4.78 is 23.7. The highest BCUT2D eigenvalue weighted by molar-refractivity contribution is 7.70. The lowest BCUT2D eigenvalue weighted by Gasteiger charge is -2.37. The molecule has 1 aliphatic rings. The number of amides is 2. The van der Waals surface area contributed by atoms with Crippen molar-refractivity contribution in [2.45, 2.75) is 44.2 Å². The van der Waals surface area contributed by atoms with Crippen molar-refractivity contribution in [3.8, 4) is 17.2 Å². The Morgan fingerprint density at radius 1 is 0.971 bits per heavy atom. The van der Waals surface area contributed by atoms with Crippen molar-refractivity contribution < 1.29 is 13.2 Å². The van der Waals surface area contributed by atoms with Crippen molar-refractivity contribution in [2.75, 3.05) is 5.32 Å². The third kappa shape index (κ3) is 6.20. The molecule has 0 aliphatic heterocycles. The van der Waals surface area contributed by atoms with Crippen LogP contribution in [0.3, 0.4) is 0 Å². The number of carbonyl (C=O) groups excluding carboxylic acids is 1. The molecule has 0 bridgehead atoms. The molecule has 1 aromatic heterocycles. The second-order valence-electron chi connectivity index (χ2n) is 8.47. The van der Waals surface area contributed by atoms with Gasteiger partial charge in [-0.15, -0.1) is 0 Å². The fourth-order valence-corrected chi connectivity index (χ4v) is 4.69. The summed E-state index contributed by atoms with van der Waals surface area (Å²) in [6.45, 7) is 0.255. The number of carbonyl (C=O) groups is 1. The molecule has 35 heavy (non-hydrogen) atoms. The van der Waals surface area contributed by atoms with E-state index in [1.165, 1.54) is 0 Å². The monoisotopic (exact) mass is 490 g/mol. The lowest BCUT2D eigenvalue weighted by molar-refractivity contribution is 0.209. The number of nitrogens with zero attached hydrogens (tertiary/aromatic N) is 3. The van der Waals surface area contributed by atoms with Gasteiger partial charge in [-0.05, 0) is 47.7 Å². The summed E-state index contributed by atoms with van der Waals surface area (Å²) in [7, 11) is -2.62. The number of aromatic nitrogens is 2. The van der Waals surface area contributed by atoms with Crippen molar-refractivity contribution in [3.05, 3.63) is 77.9 Å². The molecule has 1 fully saturated rings. The first-order valence-electron chi connectivity index (χ1n) is 11.4. The fourth-order valence-electron chi connectivity index (χ4n) is 4.38. The molecular weight excluding hydrogens is 464 g/mol. The van der Waals surface area contributed by atoms with E-state index >= 15 is 0 Å². The van der Waals surface area contributed by atoms with Crippen LogP contribution in [0.5, 0.6) is 0 Å². The van der Waals surface area contributed by atoms with Gasteiger partial charge in [0, 0.05) is 18.4 Å². The molecule has 1 aliphatic carbocycles. The van der Waals surface area contributed by atoms with E-state index in [4.69, 9.17) is 0 Å². The average molecular weight is 491 g/mol. The summed E-state index contributed by atoms with van der Waals surface area (Å²) in [6, 6.07) is 18.5. The van der Waals surface area contributed by atoms with Crippen molar-refractivity contribution in [1.82, 2.24) is 20.0 Å². The van der Waals surface area contributed by atoms with Gasteiger partial charge in [0.15, 0.2) is 0 Å². The van der Waals surface area contributed by atoms with Gasteiger partial charge in [-0.25, -0.2) is 27.9 Å². The summed E-state index contributed by atoms with van der Waals surface area (Å²) in [6.07, 6.45) is 6.08. The molecule has 9 nitrogen and oxygen atoms in total. The van der Waals surface area contributed by atoms with Gasteiger partial charge in [0.1, 0.15) is 6.07 Å². The minimum atomic E-state index is -2.62. The third-order valence-electron chi connectivity index (χ3n) is 6.15. The molecule has 1 heterocycles. The molecule has 0 atom stereocenters. The molecule has 3 N–H and O–H groups in total. The summed E-state index contributed by atoms with van der Waals surface area (Å²) in [5, 5.41) is 15.2. The van der Waals surface area contributed by atoms with E-state index in [-0.39, 0.29) is 18.4 Å². The topological polar surface area (TPSA) is 137 Å². The van der Waals surface area contributed by atoms with Crippen molar-refractivity contribution in [2.24, 2.45) is 0 Å². The zero-order valence-electron chi connectivity index (χ0n) is 19.0. The van der Waals surface area contributed by atoms with Crippen LogP contribution in [0.15, 0.2) is 60.8 Å². The van der Waals surface area contributed by atoms with Crippen LogP contribution < -0.4 is 15.4 Å². The third-order valence-corrected chi connectivity index (χ3v) is 6.56. The highest BCUT2D eigenvalue weighted by Crippen LogP contribution is 2.36. The standard InChI is InChI=1S/C25H26N6O3S/c26-16-23-27-15-12-22(30-23)25(13-2-1-3-14-25)31-24(32)29-21-10-8-20(9-11-21)19-6-4-18(5-7-19)17-28-35(33)34/h4-12,15,35H,1-3,13-14,17H2,(H,28,33,34)(H2,29,31,32). The molecule has 2 amide bonds. The van der Waals surface area contributed by atoms with E-state index in [2.05, 4.69) is 25.3 Å². The van der Waals surface area contributed by atoms with Crippen LogP contribution in [0, 0.1) is 11.3 Å². The Morgan fingerprint density at radius 3 is 2.26 bits per heavy atom. The normalized spacial score (nSPS) is 14.7. The van der Waals surface area contributed by atoms with Crippen LogP contribution in [-0.2, 0) is 23.0 Å². The van der Waals surface area contributed by atoms with Gasteiger partial charge in [-0.3, -0.25) is 0 Å². The molecule has 3 aromatic rings.